The Morgan fingerprint density at radius 1 is 1.58 bits per heavy atom. The van der Waals surface area contributed by atoms with Crippen LogP contribution in [0, 0.1) is 5.92 Å². The fourth-order valence-corrected chi connectivity index (χ4v) is 2.12. The minimum Gasteiger partial charge on any atom is -0.409 e. The third kappa shape index (κ3) is 4.68. The summed E-state index contributed by atoms with van der Waals surface area (Å²) in [7, 11) is 1.59. The number of nitrogens with two attached hydrogens (primary N) is 1. The van der Waals surface area contributed by atoms with Crippen molar-refractivity contribution < 1.29 is 19.5 Å². The Morgan fingerprint density at radius 2 is 2.32 bits per heavy atom. The lowest BCUT2D eigenvalue weighted by atomic mass is 10.0. The maximum Gasteiger partial charge on any atom is 0.228 e. The number of carbonyl (C=O) groups is 1. The molecule has 1 rings (SSSR count). The predicted octanol–water partition coefficient (Wildman–Crippen LogP) is 0.0229. The Bertz CT molecular complexity index is 322. The summed E-state index contributed by atoms with van der Waals surface area (Å²) < 4.78 is 10.4. The van der Waals surface area contributed by atoms with Crippen molar-refractivity contribution in [2.75, 3.05) is 33.4 Å². The molecule has 0 radical (unpaired) electrons. The predicted molar refractivity (Wildman–Crippen MR) is 70.0 cm³/mol. The lowest BCUT2D eigenvalue weighted by Crippen LogP contribution is -2.42. The van der Waals surface area contributed by atoms with Gasteiger partial charge in [-0.05, 0) is 13.3 Å². The van der Waals surface area contributed by atoms with Gasteiger partial charge in [0.25, 0.3) is 0 Å². The Hall–Kier alpha value is -1.34. The highest BCUT2D eigenvalue weighted by molar-refractivity contribution is 5.82. The van der Waals surface area contributed by atoms with Crippen LogP contribution in [0.25, 0.3) is 0 Å². The molecule has 7 nitrogen and oxygen atoms in total. The van der Waals surface area contributed by atoms with Gasteiger partial charge in [0, 0.05) is 33.2 Å². The number of amides is 1. The summed E-state index contributed by atoms with van der Waals surface area (Å²) in [4.78, 5) is 14.1. The van der Waals surface area contributed by atoms with Gasteiger partial charge < -0.3 is 25.3 Å². The van der Waals surface area contributed by atoms with E-state index in [1.165, 1.54) is 0 Å². The van der Waals surface area contributed by atoms with Crippen molar-refractivity contribution in [1.29, 1.82) is 0 Å². The van der Waals surface area contributed by atoms with Gasteiger partial charge in [0.2, 0.25) is 5.91 Å². The fourth-order valence-electron chi connectivity index (χ4n) is 2.12. The summed E-state index contributed by atoms with van der Waals surface area (Å²) in [6.45, 7) is 3.91. The summed E-state index contributed by atoms with van der Waals surface area (Å²) in [5.41, 5.74) is 5.44. The fraction of sp³-hybridized carbons (Fsp3) is 0.833. The largest absolute Gasteiger partial charge is 0.409 e. The number of hydrogen-bond donors (Lipinski definition) is 2. The molecule has 1 heterocycles. The van der Waals surface area contributed by atoms with E-state index in [2.05, 4.69) is 5.16 Å². The molecule has 2 atom stereocenters. The van der Waals surface area contributed by atoms with E-state index < -0.39 is 0 Å². The van der Waals surface area contributed by atoms with Gasteiger partial charge in [-0.15, -0.1) is 0 Å². The quantitative estimate of drug-likeness (QED) is 0.295. The van der Waals surface area contributed by atoms with Gasteiger partial charge in [0.05, 0.1) is 18.6 Å². The Balaban J connectivity index is 2.58. The average molecular weight is 273 g/mol. The monoisotopic (exact) mass is 273 g/mol. The highest BCUT2D eigenvalue weighted by Gasteiger charge is 2.33. The van der Waals surface area contributed by atoms with Crippen LogP contribution in [-0.2, 0) is 14.3 Å². The van der Waals surface area contributed by atoms with E-state index in [1.54, 1.807) is 12.0 Å². The molecule has 0 aliphatic carbocycles. The number of carbonyl (C=O) groups excluding carboxylic acids is 1. The molecule has 1 aliphatic heterocycles. The third-order valence-electron chi connectivity index (χ3n) is 3.34. The van der Waals surface area contributed by atoms with Crippen LogP contribution in [0.2, 0.25) is 0 Å². The summed E-state index contributed by atoms with van der Waals surface area (Å²) in [5.74, 6) is 0.0582. The summed E-state index contributed by atoms with van der Waals surface area (Å²) >= 11 is 0. The van der Waals surface area contributed by atoms with Gasteiger partial charge in [0.15, 0.2) is 0 Å². The molecule has 0 spiro atoms. The minimum absolute atomic E-state index is 0.0489. The summed E-state index contributed by atoms with van der Waals surface area (Å²) in [5, 5.41) is 11.4. The van der Waals surface area contributed by atoms with E-state index in [9.17, 15) is 4.79 Å². The maximum absolute atomic E-state index is 12.4. The van der Waals surface area contributed by atoms with Crippen molar-refractivity contribution in [2.45, 2.75) is 25.9 Å². The van der Waals surface area contributed by atoms with E-state index in [-0.39, 0.29) is 23.8 Å². The van der Waals surface area contributed by atoms with Crippen LogP contribution in [0.3, 0.4) is 0 Å². The molecule has 0 aromatic carbocycles. The van der Waals surface area contributed by atoms with Crippen molar-refractivity contribution in [3.63, 3.8) is 0 Å². The van der Waals surface area contributed by atoms with E-state index in [0.717, 1.165) is 6.42 Å². The molecular weight excluding hydrogens is 250 g/mol. The highest BCUT2D eigenvalue weighted by Crippen LogP contribution is 2.22. The van der Waals surface area contributed by atoms with Gasteiger partial charge in [-0.2, -0.15) is 0 Å². The average Bonchev–Trinajstić information content (AvgIpc) is 2.84. The van der Waals surface area contributed by atoms with Crippen LogP contribution in [0.15, 0.2) is 5.16 Å². The van der Waals surface area contributed by atoms with Gasteiger partial charge >= 0.3 is 0 Å². The van der Waals surface area contributed by atoms with Crippen LogP contribution >= 0.6 is 0 Å². The number of rotatable bonds is 7. The van der Waals surface area contributed by atoms with Gasteiger partial charge in [0.1, 0.15) is 5.84 Å². The molecule has 19 heavy (non-hydrogen) atoms. The number of methoxy groups -OCH3 is 1. The number of hydrogen-bond acceptors (Lipinski definition) is 5. The SMILES string of the molecule is COCCN(CCC(N)=NO)C(=O)C1CCOC1C. The molecule has 0 aromatic rings. The zero-order valence-corrected chi connectivity index (χ0v) is 11.5. The third-order valence-corrected chi connectivity index (χ3v) is 3.34. The Morgan fingerprint density at radius 3 is 2.84 bits per heavy atom. The van der Waals surface area contributed by atoms with Gasteiger partial charge in [-0.1, -0.05) is 5.16 Å². The van der Waals surface area contributed by atoms with E-state index in [4.69, 9.17) is 20.4 Å². The molecule has 1 saturated heterocycles. The van der Waals surface area contributed by atoms with Crippen molar-refractivity contribution in [3.05, 3.63) is 0 Å². The number of oxime groups is 1. The molecule has 1 fully saturated rings. The molecule has 3 N–H and O–H groups in total. The molecule has 0 saturated carbocycles. The standard InChI is InChI=1S/C12H23N3O4/c1-9-10(4-7-19-9)12(16)15(6-8-18-2)5-3-11(13)14-17/h9-10,17H,3-8H2,1-2H3,(H2,13,14). The van der Waals surface area contributed by atoms with E-state index in [1.807, 2.05) is 6.92 Å². The second-order valence-corrected chi connectivity index (χ2v) is 4.63. The molecule has 2 unspecified atom stereocenters. The molecule has 0 bridgehead atoms. The topological polar surface area (TPSA) is 97.4 Å². The molecule has 110 valence electrons. The second-order valence-electron chi connectivity index (χ2n) is 4.63. The van der Waals surface area contributed by atoms with Crippen molar-refractivity contribution in [1.82, 2.24) is 4.90 Å². The van der Waals surface area contributed by atoms with E-state index >= 15 is 0 Å². The summed E-state index contributed by atoms with van der Waals surface area (Å²) in [6.07, 6.45) is 1.03. The Kier molecular flexibility index (Phi) is 6.58. The second kappa shape index (κ2) is 7.96. The summed E-state index contributed by atoms with van der Waals surface area (Å²) in [6, 6.07) is 0. The Labute approximate surface area is 113 Å². The van der Waals surface area contributed by atoms with Crippen LogP contribution in [0.4, 0.5) is 0 Å². The van der Waals surface area contributed by atoms with Crippen molar-refractivity contribution in [3.8, 4) is 0 Å². The lowest BCUT2D eigenvalue weighted by molar-refractivity contribution is -0.137. The van der Waals surface area contributed by atoms with Crippen LogP contribution in [0.5, 0.6) is 0 Å². The highest BCUT2D eigenvalue weighted by atomic mass is 16.5. The van der Waals surface area contributed by atoms with Crippen LogP contribution in [-0.4, -0.2) is 61.4 Å². The minimum atomic E-state index is -0.107. The first-order valence-corrected chi connectivity index (χ1v) is 6.45. The molecule has 7 heteroatoms. The van der Waals surface area contributed by atoms with E-state index in [0.29, 0.717) is 32.7 Å². The van der Waals surface area contributed by atoms with Crippen molar-refractivity contribution >= 4 is 11.7 Å². The first kappa shape index (κ1) is 15.7. The number of amidine groups is 1. The smallest absolute Gasteiger partial charge is 0.228 e. The zero-order valence-electron chi connectivity index (χ0n) is 11.5. The molecule has 0 aromatic heterocycles. The molecular formula is C12H23N3O4. The number of ether oxygens (including phenoxy) is 2. The van der Waals surface area contributed by atoms with Crippen LogP contribution < -0.4 is 5.73 Å². The van der Waals surface area contributed by atoms with Crippen molar-refractivity contribution in [2.24, 2.45) is 16.8 Å². The first-order chi connectivity index (χ1) is 9.10. The molecule has 1 aliphatic rings. The maximum atomic E-state index is 12.4. The van der Waals surface area contributed by atoms with Crippen LogP contribution in [0.1, 0.15) is 19.8 Å². The lowest BCUT2D eigenvalue weighted by Gasteiger charge is -2.26. The van der Waals surface area contributed by atoms with Gasteiger partial charge in [-0.3, -0.25) is 4.79 Å². The number of nitrogens with zero attached hydrogens (tertiary/aromatic N) is 2. The zero-order chi connectivity index (χ0) is 14.3. The normalized spacial score (nSPS) is 23.6. The van der Waals surface area contributed by atoms with Gasteiger partial charge in [-0.25, -0.2) is 0 Å². The molecule has 1 amide bonds. The first-order valence-electron chi connectivity index (χ1n) is 6.45.